The van der Waals surface area contributed by atoms with Gasteiger partial charge in [0.15, 0.2) is 0 Å². The summed E-state index contributed by atoms with van der Waals surface area (Å²) in [6.07, 6.45) is 4.43. The summed E-state index contributed by atoms with van der Waals surface area (Å²) in [6.45, 7) is 6.22. The van der Waals surface area contributed by atoms with E-state index in [9.17, 15) is 4.79 Å². The number of methoxy groups -OCH3 is 1. The second-order valence-electron chi connectivity index (χ2n) is 4.30. The zero-order chi connectivity index (χ0) is 13.1. The maximum Gasteiger partial charge on any atom is 0.222 e. The molecule has 0 unspecified atom stereocenters. The van der Waals surface area contributed by atoms with Crippen LogP contribution in [0.25, 0.3) is 0 Å². The molecule has 102 valence electrons. The van der Waals surface area contributed by atoms with Crippen molar-refractivity contribution in [3.63, 3.8) is 0 Å². The van der Waals surface area contributed by atoms with E-state index in [0.717, 1.165) is 25.7 Å². The molecule has 0 heterocycles. The molecule has 0 aromatic rings. The molecule has 0 fully saturated rings. The van der Waals surface area contributed by atoms with E-state index < -0.39 is 0 Å². The number of hydrogen-bond donors (Lipinski definition) is 1. The fraction of sp³-hybridized carbons (Fsp3) is 0.923. The minimum absolute atomic E-state index is 0.240. The summed E-state index contributed by atoms with van der Waals surface area (Å²) in [5.74, 6) is 0.240. The molecule has 0 aliphatic rings. The summed E-state index contributed by atoms with van der Waals surface area (Å²) >= 11 is 0. The molecule has 0 saturated heterocycles. The molecule has 0 aliphatic carbocycles. The van der Waals surface area contributed by atoms with Crippen molar-refractivity contribution in [1.82, 2.24) is 4.90 Å². The Morgan fingerprint density at radius 1 is 1.29 bits per heavy atom. The van der Waals surface area contributed by atoms with Crippen LogP contribution >= 0.6 is 0 Å². The highest BCUT2D eigenvalue weighted by atomic mass is 16.5. The maximum absolute atomic E-state index is 12.1. The molecule has 0 aromatic heterocycles. The summed E-state index contributed by atoms with van der Waals surface area (Å²) in [7, 11) is 1.67. The number of carbonyl (C=O) groups excluding carboxylic acids is 1. The first kappa shape index (κ1) is 16.4. The zero-order valence-electron chi connectivity index (χ0n) is 11.6. The van der Waals surface area contributed by atoms with Crippen molar-refractivity contribution in [3.05, 3.63) is 0 Å². The Morgan fingerprint density at radius 3 is 2.41 bits per heavy atom. The first-order valence-electron chi connectivity index (χ1n) is 6.69. The van der Waals surface area contributed by atoms with Crippen molar-refractivity contribution in [3.8, 4) is 0 Å². The van der Waals surface area contributed by atoms with Crippen LogP contribution in [0.15, 0.2) is 0 Å². The molecule has 0 atom stereocenters. The van der Waals surface area contributed by atoms with Crippen LogP contribution in [0.1, 0.15) is 46.0 Å². The minimum atomic E-state index is 0.240. The van der Waals surface area contributed by atoms with Gasteiger partial charge in [0.1, 0.15) is 0 Å². The number of ether oxygens (including phenoxy) is 1. The second kappa shape index (κ2) is 10.5. The van der Waals surface area contributed by atoms with Gasteiger partial charge in [0.05, 0.1) is 6.61 Å². The van der Waals surface area contributed by atoms with Gasteiger partial charge >= 0.3 is 0 Å². The lowest BCUT2D eigenvalue weighted by Crippen LogP contribution is -2.41. The zero-order valence-corrected chi connectivity index (χ0v) is 11.6. The van der Waals surface area contributed by atoms with E-state index in [2.05, 4.69) is 13.8 Å². The van der Waals surface area contributed by atoms with Gasteiger partial charge in [0.25, 0.3) is 0 Å². The lowest BCUT2D eigenvalue weighted by Gasteiger charge is -2.30. The molecule has 0 bridgehead atoms. The van der Waals surface area contributed by atoms with Crippen LogP contribution in [0.3, 0.4) is 0 Å². The number of hydrogen-bond acceptors (Lipinski definition) is 3. The predicted molar refractivity (Wildman–Crippen MR) is 70.9 cm³/mol. The van der Waals surface area contributed by atoms with Gasteiger partial charge in [-0.25, -0.2) is 0 Å². The van der Waals surface area contributed by atoms with Crippen LogP contribution in [0.4, 0.5) is 0 Å². The van der Waals surface area contributed by atoms with E-state index >= 15 is 0 Å². The van der Waals surface area contributed by atoms with Crippen molar-refractivity contribution in [2.24, 2.45) is 5.73 Å². The lowest BCUT2D eigenvalue weighted by atomic mass is 10.1. The van der Waals surface area contributed by atoms with Crippen molar-refractivity contribution < 1.29 is 9.53 Å². The van der Waals surface area contributed by atoms with E-state index in [0.29, 0.717) is 32.2 Å². The van der Waals surface area contributed by atoms with Crippen LogP contribution in [-0.2, 0) is 9.53 Å². The topological polar surface area (TPSA) is 55.6 Å². The Bertz CT molecular complexity index is 194. The van der Waals surface area contributed by atoms with Gasteiger partial charge < -0.3 is 15.4 Å². The molecule has 4 nitrogen and oxygen atoms in total. The molecule has 0 aromatic carbocycles. The number of carbonyl (C=O) groups is 1. The van der Waals surface area contributed by atoms with Crippen LogP contribution in [0, 0.1) is 0 Å². The Labute approximate surface area is 105 Å². The summed E-state index contributed by atoms with van der Waals surface area (Å²) in [5, 5.41) is 0. The van der Waals surface area contributed by atoms with Crippen molar-refractivity contribution >= 4 is 5.91 Å². The molecule has 0 spiro atoms. The number of nitrogens with zero attached hydrogens (tertiary/aromatic N) is 1. The van der Waals surface area contributed by atoms with Crippen molar-refractivity contribution in [2.75, 3.05) is 26.8 Å². The van der Waals surface area contributed by atoms with E-state index in [-0.39, 0.29) is 5.91 Å². The van der Waals surface area contributed by atoms with Gasteiger partial charge in [0, 0.05) is 26.1 Å². The molecule has 0 rings (SSSR count). The third kappa shape index (κ3) is 6.64. The molecule has 0 saturated carbocycles. The normalized spacial score (nSPS) is 10.9. The largest absolute Gasteiger partial charge is 0.383 e. The number of unbranched alkanes of at least 4 members (excludes halogenated alkanes) is 1. The third-order valence-electron chi connectivity index (χ3n) is 3.08. The van der Waals surface area contributed by atoms with E-state index in [1.807, 2.05) is 4.90 Å². The number of rotatable bonds is 10. The maximum atomic E-state index is 12.1. The van der Waals surface area contributed by atoms with E-state index in [4.69, 9.17) is 10.5 Å². The molecule has 0 radical (unpaired) electrons. The predicted octanol–water partition coefficient (Wildman–Crippen LogP) is 1.78. The fourth-order valence-electron chi connectivity index (χ4n) is 1.99. The summed E-state index contributed by atoms with van der Waals surface area (Å²) in [5.41, 5.74) is 5.44. The first-order valence-corrected chi connectivity index (χ1v) is 6.69. The van der Waals surface area contributed by atoms with Gasteiger partial charge in [-0.05, 0) is 32.2 Å². The van der Waals surface area contributed by atoms with Gasteiger partial charge in [0.2, 0.25) is 5.91 Å². The smallest absolute Gasteiger partial charge is 0.222 e. The molecular weight excluding hydrogens is 216 g/mol. The number of amides is 1. The summed E-state index contributed by atoms with van der Waals surface area (Å²) in [4.78, 5) is 14.1. The standard InChI is InChI=1S/C13H28N2O2/c1-4-12(5-2)15(10-11-17-3)13(16)8-6-7-9-14/h12H,4-11,14H2,1-3H3. The summed E-state index contributed by atoms with van der Waals surface area (Å²) in [6, 6.07) is 0.343. The van der Waals surface area contributed by atoms with Gasteiger partial charge in [-0.3, -0.25) is 4.79 Å². The molecular formula is C13H28N2O2. The Hall–Kier alpha value is -0.610. The van der Waals surface area contributed by atoms with Crippen LogP contribution in [0.5, 0.6) is 0 Å². The second-order valence-corrected chi connectivity index (χ2v) is 4.30. The SMILES string of the molecule is CCC(CC)N(CCOC)C(=O)CCCCN. The Morgan fingerprint density at radius 2 is 1.94 bits per heavy atom. The van der Waals surface area contributed by atoms with Crippen LogP contribution in [-0.4, -0.2) is 43.7 Å². The fourth-order valence-corrected chi connectivity index (χ4v) is 1.99. The highest BCUT2D eigenvalue weighted by Gasteiger charge is 2.19. The highest BCUT2D eigenvalue weighted by Crippen LogP contribution is 2.11. The van der Waals surface area contributed by atoms with Gasteiger partial charge in [-0.15, -0.1) is 0 Å². The summed E-state index contributed by atoms with van der Waals surface area (Å²) < 4.78 is 5.07. The monoisotopic (exact) mass is 244 g/mol. The average Bonchev–Trinajstić information content (AvgIpc) is 2.34. The molecule has 17 heavy (non-hydrogen) atoms. The average molecular weight is 244 g/mol. The lowest BCUT2D eigenvalue weighted by molar-refractivity contribution is -0.134. The Kier molecular flexibility index (Phi) is 10.2. The van der Waals surface area contributed by atoms with E-state index in [1.54, 1.807) is 7.11 Å². The van der Waals surface area contributed by atoms with E-state index in [1.165, 1.54) is 0 Å². The van der Waals surface area contributed by atoms with Gasteiger partial charge in [-0.2, -0.15) is 0 Å². The van der Waals surface area contributed by atoms with Crippen molar-refractivity contribution in [1.29, 1.82) is 0 Å². The highest BCUT2D eigenvalue weighted by molar-refractivity contribution is 5.76. The first-order chi connectivity index (χ1) is 8.21. The molecule has 1 amide bonds. The molecule has 0 aliphatic heterocycles. The minimum Gasteiger partial charge on any atom is -0.383 e. The van der Waals surface area contributed by atoms with Crippen molar-refractivity contribution in [2.45, 2.75) is 52.0 Å². The molecule has 4 heteroatoms. The number of nitrogens with two attached hydrogens (primary N) is 1. The Balaban J connectivity index is 4.27. The quantitative estimate of drug-likeness (QED) is 0.596. The van der Waals surface area contributed by atoms with Gasteiger partial charge in [-0.1, -0.05) is 13.8 Å². The molecule has 2 N–H and O–H groups in total. The third-order valence-corrected chi connectivity index (χ3v) is 3.08. The van der Waals surface area contributed by atoms with Crippen LogP contribution < -0.4 is 5.73 Å². The van der Waals surface area contributed by atoms with Crippen LogP contribution in [0.2, 0.25) is 0 Å².